The highest BCUT2D eigenvalue weighted by Crippen LogP contribution is 2.38. The molecule has 2 fully saturated rings. The predicted octanol–water partition coefficient (Wildman–Crippen LogP) is 2.27. The van der Waals surface area contributed by atoms with Crippen molar-refractivity contribution in [3.63, 3.8) is 0 Å². The van der Waals surface area contributed by atoms with E-state index in [4.69, 9.17) is 9.47 Å². The largest absolute Gasteiger partial charge is 0.384 e. The van der Waals surface area contributed by atoms with Gasteiger partial charge >= 0.3 is 0 Å². The molecule has 0 aromatic heterocycles. The molecule has 1 heterocycles. The summed E-state index contributed by atoms with van der Waals surface area (Å²) in [6.45, 7) is 2.69. The van der Waals surface area contributed by atoms with Crippen LogP contribution in [-0.4, -0.2) is 37.9 Å². The number of amides is 1. The van der Waals surface area contributed by atoms with Gasteiger partial charge in [-0.15, -0.1) is 0 Å². The fraction of sp³-hybridized carbons (Fsp3) is 0.933. The predicted molar refractivity (Wildman–Crippen MR) is 74.0 cm³/mol. The minimum absolute atomic E-state index is 0.120. The van der Waals surface area contributed by atoms with Gasteiger partial charge in [-0.2, -0.15) is 0 Å². The van der Waals surface area contributed by atoms with Gasteiger partial charge < -0.3 is 14.8 Å². The maximum Gasteiger partial charge on any atom is 0.222 e. The molecule has 1 N–H and O–H groups in total. The number of fused-ring (bicyclic) bond motifs is 1. The van der Waals surface area contributed by atoms with Gasteiger partial charge in [0.2, 0.25) is 5.91 Å². The van der Waals surface area contributed by atoms with Crippen LogP contribution >= 0.6 is 0 Å². The van der Waals surface area contributed by atoms with Crippen LogP contribution in [0.5, 0.6) is 0 Å². The Morgan fingerprint density at radius 2 is 2.26 bits per heavy atom. The van der Waals surface area contributed by atoms with E-state index in [2.05, 4.69) is 12.2 Å². The van der Waals surface area contributed by atoms with Crippen molar-refractivity contribution in [1.82, 2.24) is 5.32 Å². The van der Waals surface area contributed by atoms with Gasteiger partial charge in [-0.25, -0.2) is 0 Å². The minimum atomic E-state index is 0.120. The standard InChI is InChI=1S/C15H27NO3/c1-3-5-11-10-13(16-15(17)8-9-18-2)12-6-4-7-14(12)19-11/h11-14H,3-10H2,1-2H3,(H,16,17)/t11-,12-,13+,14+/m0/s1. The van der Waals surface area contributed by atoms with Crippen molar-refractivity contribution in [2.45, 2.75) is 70.1 Å². The Morgan fingerprint density at radius 1 is 1.42 bits per heavy atom. The number of nitrogens with one attached hydrogen (secondary N) is 1. The Balaban J connectivity index is 1.90. The average Bonchev–Trinajstić information content (AvgIpc) is 2.85. The van der Waals surface area contributed by atoms with Crippen LogP contribution in [0.3, 0.4) is 0 Å². The lowest BCUT2D eigenvalue weighted by Crippen LogP contribution is -2.50. The Hall–Kier alpha value is -0.610. The molecule has 2 rings (SSSR count). The summed E-state index contributed by atoms with van der Waals surface area (Å²) >= 11 is 0. The number of ether oxygens (including phenoxy) is 2. The SMILES string of the molecule is CCC[C@H]1C[C@@H](NC(=O)CCOC)[C@@H]2CCC[C@H]2O1. The lowest BCUT2D eigenvalue weighted by atomic mass is 9.87. The van der Waals surface area contributed by atoms with Crippen LogP contribution in [0.4, 0.5) is 0 Å². The number of hydrogen-bond acceptors (Lipinski definition) is 3. The smallest absolute Gasteiger partial charge is 0.222 e. The summed E-state index contributed by atoms with van der Waals surface area (Å²) in [6.07, 6.45) is 7.99. The van der Waals surface area contributed by atoms with E-state index < -0.39 is 0 Å². The molecule has 4 heteroatoms. The second-order valence-electron chi connectivity index (χ2n) is 5.83. The van der Waals surface area contributed by atoms with Crippen molar-refractivity contribution in [1.29, 1.82) is 0 Å². The first-order valence-electron chi connectivity index (χ1n) is 7.68. The number of rotatable bonds is 6. The molecule has 19 heavy (non-hydrogen) atoms. The highest BCUT2D eigenvalue weighted by atomic mass is 16.5. The van der Waals surface area contributed by atoms with Gasteiger partial charge in [0.15, 0.2) is 0 Å². The highest BCUT2D eigenvalue weighted by Gasteiger charge is 2.41. The molecular formula is C15H27NO3. The second kappa shape index (κ2) is 7.25. The molecule has 2 aliphatic rings. The van der Waals surface area contributed by atoms with E-state index in [0.29, 0.717) is 37.2 Å². The minimum Gasteiger partial charge on any atom is -0.384 e. The van der Waals surface area contributed by atoms with E-state index in [1.165, 1.54) is 12.8 Å². The summed E-state index contributed by atoms with van der Waals surface area (Å²) in [4.78, 5) is 11.9. The van der Waals surface area contributed by atoms with Gasteiger partial charge in [0.05, 0.1) is 18.8 Å². The summed E-state index contributed by atoms with van der Waals surface area (Å²) < 4.78 is 11.1. The zero-order chi connectivity index (χ0) is 13.7. The Bertz CT molecular complexity index is 295. The first-order chi connectivity index (χ1) is 9.24. The highest BCUT2D eigenvalue weighted by molar-refractivity contribution is 5.76. The monoisotopic (exact) mass is 269 g/mol. The molecule has 0 aromatic rings. The molecule has 0 spiro atoms. The van der Waals surface area contributed by atoms with Crippen LogP contribution in [0.25, 0.3) is 0 Å². The summed E-state index contributed by atoms with van der Waals surface area (Å²) in [6, 6.07) is 0.308. The second-order valence-corrected chi connectivity index (χ2v) is 5.83. The van der Waals surface area contributed by atoms with Crippen LogP contribution < -0.4 is 5.32 Å². The van der Waals surface area contributed by atoms with Crippen molar-refractivity contribution >= 4 is 5.91 Å². The number of carbonyl (C=O) groups is 1. The van der Waals surface area contributed by atoms with E-state index in [9.17, 15) is 4.79 Å². The zero-order valence-corrected chi connectivity index (χ0v) is 12.2. The average molecular weight is 269 g/mol. The van der Waals surface area contributed by atoms with Crippen LogP contribution in [0, 0.1) is 5.92 Å². The topological polar surface area (TPSA) is 47.6 Å². The van der Waals surface area contributed by atoms with Crippen LogP contribution in [0.2, 0.25) is 0 Å². The molecular weight excluding hydrogens is 242 g/mol. The quantitative estimate of drug-likeness (QED) is 0.804. The lowest BCUT2D eigenvalue weighted by Gasteiger charge is -2.39. The van der Waals surface area contributed by atoms with Crippen LogP contribution in [0.1, 0.15) is 51.9 Å². The first-order valence-corrected chi connectivity index (χ1v) is 7.68. The molecule has 0 aromatic carbocycles. The molecule has 1 aliphatic heterocycles. The molecule has 4 atom stereocenters. The fourth-order valence-corrected chi connectivity index (χ4v) is 3.49. The molecule has 0 bridgehead atoms. The number of carbonyl (C=O) groups excluding carboxylic acids is 1. The third-order valence-corrected chi connectivity index (χ3v) is 4.39. The Kier molecular flexibility index (Phi) is 5.64. The van der Waals surface area contributed by atoms with Gasteiger partial charge in [0, 0.05) is 25.5 Å². The van der Waals surface area contributed by atoms with Crippen molar-refractivity contribution in [3.05, 3.63) is 0 Å². The van der Waals surface area contributed by atoms with E-state index in [-0.39, 0.29) is 5.91 Å². The van der Waals surface area contributed by atoms with Crippen molar-refractivity contribution in [2.75, 3.05) is 13.7 Å². The van der Waals surface area contributed by atoms with Gasteiger partial charge in [-0.3, -0.25) is 4.79 Å². The molecule has 0 radical (unpaired) electrons. The third-order valence-electron chi connectivity index (χ3n) is 4.39. The fourth-order valence-electron chi connectivity index (χ4n) is 3.49. The van der Waals surface area contributed by atoms with Crippen molar-refractivity contribution < 1.29 is 14.3 Å². The van der Waals surface area contributed by atoms with Crippen molar-refractivity contribution in [3.8, 4) is 0 Å². The van der Waals surface area contributed by atoms with Crippen LogP contribution in [-0.2, 0) is 14.3 Å². The van der Waals surface area contributed by atoms with Crippen LogP contribution in [0.15, 0.2) is 0 Å². The molecule has 1 saturated carbocycles. The molecule has 1 amide bonds. The van der Waals surface area contributed by atoms with Gasteiger partial charge in [-0.1, -0.05) is 19.8 Å². The third kappa shape index (κ3) is 3.93. The maximum atomic E-state index is 11.9. The molecule has 110 valence electrons. The number of hydrogen-bond donors (Lipinski definition) is 1. The van der Waals surface area contributed by atoms with Gasteiger partial charge in [0.1, 0.15) is 0 Å². The molecule has 4 nitrogen and oxygen atoms in total. The summed E-state index contributed by atoms with van der Waals surface area (Å²) in [5, 5.41) is 3.21. The molecule has 1 aliphatic carbocycles. The van der Waals surface area contributed by atoms with E-state index in [0.717, 1.165) is 25.7 Å². The first kappa shape index (κ1) is 14.8. The molecule has 0 unspecified atom stereocenters. The van der Waals surface area contributed by atoms with E-state index in [1.807, 2.05) is 0 Å². The Morgan fingerprint density at radius 3 is 3.00 bits per heavy atom. The Labute approximate surface area is 116 Å². The van der Waals surface area contributed by atoms with Crippen molar-refractivity contribution in [2.24, 2.45) is 5.92 Å². The lowest BCUT2D eigenvalue weighted by molar-refractivity contribution is -0.127. The van der Waals surface area contributed by atoms with E-state index in [1.54, 1.807) is 7.11 Å². The summed E-state index contributed by atoms with van der Waals surface area (Å²) in [5.74, 6) is 0.647. The zero-order valence-electron chi connectivity index (χ0n) is 12.2. The normalized spacial score (nSPS) is 34.0. The maximum absolute atomic E-state index is 11.9. The number of methoxy groups -OCH3 is 1. The summed E-state index contributed by atoms with van der Waals surface area (Å²) in [7, 11) is 1.63. The van der Waals surface area contributed by atoms with Gasteiger partial charge in [0.25, 0.3) is 0 Å². The molecule has 1 saturated heterocycles. The summed E-state index contributed by atoms with van der Waals surface area (Å²) in [5.41, 5.74) is 0. The van der Waals surface area contributed by atoms with E-state index >= 15 is 0 Å². The van der Waals surface area contributed by atoms with Gasteiger partial charge in [-0.05, 0) is 25.7 Å².